The SMILES string of the molecule is CC(N)C(c1ccncc1)N(C)Cc1ccsc1. The molecule has 2 heterocycles. The maximum absolute atomic E-state index is 6.14. The maximum atomic E-state index is 6.14. The number of hydrogen-bond acceptors (Lipinski definition) is 4. The number of nitrogens with two attached hydrogens (primary N) is 1. The molecule has 0 aliphatic rings. The first-order chi connectivity index (χ1) is 8.68. The summed E-state index contributed by atoms with van der Waals surface area (Å²) in [5, 5.41) is 4.29. The molecule has 0 bridgehead atoms. The third-order valence-electron chi connectivity index (χ3n) is 3.03. The minimum Gasteiger partial charge on any atom is -0.326 e. The lowest BCUT2D eigenvalue weighted by Crippen LogP contribution is -2.36. The summed E-state index contributed by atoms with van der Waals surface area (Å²) in [5.74, 6) is 0. The van der Waals surface area contributed by atoms with E-state index in [-0.39, 0.29) is 12.1 Å². The van der Waals surface area contributed by atoms with E-state index < -0.39 is 0 Å². The van der Waals surface area contributed by atoms with E-state index in [2.05, 4.69) is 40.7 Å². The monoisotopic (exact) mass is 261 g/mol. The van der Waals surface area contributed by atoms with E-state index in [1.165, 1.54) is 11.1 Å². The Morgan fingerprint density at radius 1 is 1.33 bits per heavy atom. The fourth-order valence-corrected chi connectivity index (χ4v) is 2.95. The van der Waals surface area contributed by atoms with Crippen LogP contribution in [0.2, 0.25) is 0 Å². The van der Waals surface area contributed by atoms with Crippen molar-refractivity contribution in [3.8, 4) is 0 Å². The highest BCUT2D eigenvalue weighted by atomic mass is 32.1. The van der Waals surface area contributed by atoms with Crippen molar-refractivity contribution in [3.63, 3.8) is 0 Å². The van der Waals surface area contributed by atoms with Crippen molar-refractivity contribution >= 4 is 11.3 Å². The number of pyridine rings is 1. The highest BCUT2D eigenvalue weighted by Gasteiger charge is 2.21. The van der Waals surface area contributed by atoms with E-state index in [0.717, 1.165) is 6.54 Å². The molecule has 0 radical (unpaired) electrons. The van der Waals surface area contributed by atoms with Gasteiger partial charge in [-0.05, 0) is 54.1 Å². The molecule has 2 rings (SSSR count). The average molecular weight is 261 g/mol. The van der Waals surface area contributed by atoms with Crippen molar-refractivity contribution < 1.29 is 0 Å². The smallest absolute Gasteiger partial charge is 0.0498 e. The Balaban J connectivity index is 2.15. The first-order valence-electron chi connectivity index (χ1n) is 6.05. The van der Waals surface area contributed by atoms with Crippen molar-refractivity contribution in [1.82, 2.24) is 9.88 Å². The summed E-state index contributed by atoms with van der Waals surface area (Å²) in [6, 6.07) is 6.53. The van der Waals surface area contributed by atoms with Gasteiger partial charge in [0.15, 0.2) is 0 Å². The molecule has 0 aliphatic heterocycles. The Kier molecular flexibility index (Phi) is 4.47. The van der Waals surface area contributed by atoms with E-state index >= 15 is 0 Å². The predicted molar refractivity (Wildman–Crippen MR) is 76.4 cm³/mol. The molecule has 0 aliphatic carbocycles. The summed E-state index contributed by atoms with van der Waals surface area (Å²) in [7, 11) is 2.12. The van der Waals surface area contributed by atoms with E-state index in [1.54, 1.807) is 11.3 Å². The maximum Gasteiger partial charge on any atom is 0.0498 e. The molecule has 0 spiro atoms. The first-order valence-corrected chi connectivity index (χ1v) is 6.99. The summed E-state index contributed by atoms with van der Waals surface area (Å²) in [6.45, 7) is 2.97. The topological polar surface area (TPSA) is 42.1 Å². The Morgan fingerprint density at radius 2 is 2.06 bits per heavy atom. The van der Waals surface area contributed by atoms with Gasteiger partial charge in [0.25, 0.3) is 0 Å². The van der Waals surface area contributed by atoms with Gasteiger partial charge in [-0.2, -0.15) is 11.3 Å². The molecule has 0 fully saturated rings. The number of thiophene rings is 1. The molecule has 2 aromatic rings. The first kappa shape index (κ1) is 13.2. The normalized spacial score (nSPS) is 14.7. The lowest BCUT2D eigenvalue weighted by molar-refractivity contribution is 0.211. The zero-order valence-corrected chi connectivity index (χ0v) is 11.6. The lowest BCUT2D eigenvalue weighted by Gasteiger charge is -2.31. The van der Waals surface area contributed by atoms with Crippen molar-refractivity contribution in [2.75, 3.05) is 7.05 Å². The van der Waals surface area contributed by atoms with E-state index in [4.69, 9.17) is 5.73 Å². The minimum absolute atomic E-state index is 0.0797. The van der Waals surface area contributed by atoms with Gasteiger partial charge < -0.3 is 5.73 Å². The second-order valence-corrected chi connectivity index (χ2v) is 5.41. The van der Waals surface area contributed by atoms with Crippen molar-refractivity contribution in [2.45, 2.75) is 25.6 Å². The molecule has 2 aromatic heterocycles. The Hall–Kier alpha value is -1.23. The highest BCUT2D eigenvalue weighted by Crippen LogP contribution is 2.23. The van der Waals surface area contributed by atoms with Gasteiger partial charge in [0.1, 0.15) is 0 Å². The quantitative estimate of drug-likeness (QED) is 0.899. The molecule has 18 heavy (non-hydrogen) atoms. The molecule has 2 N–H and O–H groups in total. The van der Waals surface area contributed by atoms with Crippen LogP contribution in [0.1, 0.15) is 24.1 Å². The Bertz CT molecular complexity index is 453. The number of nitrogens with zero attached hydrogens (tertiary/aromatic N) is 2. The molecule has 0 aromatic carbocycles. The van der Waals surface area contributed by atoms with Crippen molar-refractivity contribution in [3.05, 3.63) is 52.5 Å². The molecule has 0 saturated carbocycles. The summed E-state index contributed by atoms with van der Waals surface area (Å²) in [5.41, 5.74) is 8.69. The molecule has 4 heteroatoms. The summed E-state index contributed by atoms with van der Waals surface area (Å²) < 4.78 is 0. The molecule has 3 nitrogen and oxygen atoms in total. The number of hydrogen-bond donors (Lipinski definition) is 1. The molecular weight excluding hydrogens is 242 g/mol. The van der Waals surface area contributed by atoms with Crippen LogP contribution in [0.15, 0.2) is 41.4 Å². The van der Waals surface area contributed by atoms with Crippen LogP contribution in [0.4, 0.5) is 0 Å². The Labute approximate surface area is 112 Å². The molecule has 96 valence electrons. The van der Waals surface area contributed by atoms with Gasteiger partial charge in [-0.15, -0.1) is 0 Å². The van der Waals surface area contributed by atoms with Gasteiger partial charge in [0, 0.05) is 31.0 Å². The van der Waals surface area contributed by atoms with Crippen molar-refractivity contribution in [2.24, 2.45) is 5.73 Å². The van der Waals surface area contributed by atoms with E-state index in [0.29, 0.717) is 0 Å². The van der Waals surface area contributed by atoms with Crippen LogP contribution in [0.25, 0.3) is 0 Å². The third-order valence-corrected chi connectivity index (χ3v) is 3.76. The second kappa shape index (κ2) is 6.09. The molecule has 0 saturated heterocycles. The predicted octanol–water partition coefficient (Wildman–Crippen LogP) is 2.66. The van der Waals surface area contributed by atoms with Crippen LogP contribution in [0.5, 0.6) is 0 Å². The van der Waals surface area contributed by atoms with Gasteiger partial charge >= 0.3 is 0 Å². The summed E-state index contributed by atoms with van der Waals surface area (Å²) >= 11 is 1.73. The Morgan fingerprint density at radius 3 is 2.61 bits per heavy atom. The van der Waals surface area contributed by atoms with Crippen molar-refractivity contribution in [1.29, 1.82) is 0 Å². The van der Waals surface area contributed by atoms with Gasteiger partial charge in [0.2, 0.25) is 0 Å². The van der Waals surface area contributed by atoms with Crippen LogP contribution in [0, 0.1) is 0 Å². The van der Waals surface area contributed by atoms with Gasteiger partial charge in [-0.3, -0.25) is 9.88 Å². The fraction of sp³-hybridized carbons (Fsp3) is 0.357. The molecule has 2 unspecified atom stereocenters. The van der Waals surface area contributed by atoms with E-state index in [9.17, 15) is 0 Å². The lowest BCUT2D eigenvalue weighted by atomic mass is 10.0. The third kappa shape index (κ3) is 3.16. The zero-order valence-electron chi connectivity index (χ0n) is 10.8. The number of aromatic nitrogens is 1. The van der Waals surface area contributed by atoms with Crippen LogP contribution in [0.3, 0.4) is 0 Å². The van der Waals surface area contributed by atoms with Crippen LogP contribution < -0.4 is 5.73 Å². The average Bonchev–Trinajstić information content (AvgIpc) is 2.83. The standard InChI is InChI=1S/C14H19N3S/c1-11(15)14(13-3-6-16-7-4-13)17(2)9-12-5-8-18-10-12/h3-8,10-11,14H,9,15H2,1-2H3. The minimum atomic E-state index is 0.0797. The van der Waals surface area contributed by atoms with Crippen LogP contribution in [-0.4, -0.2) is 23.0 Å². The van der Waals surface area contributed by atoms with Gasteiger partial charge in [-0.1, -0.05) is 0 Å². The molecule has 0 amide bonds. The molecule has 2 atom stereocenters. The summed E-state index contributed by atoms with van der Waals surface area (Å²) in [6.07, 6.45) is 3.65. The van der Waals surface area contributed by atoms with Gasteiger partial charge in [-0.25, -0.2) is 0 Å². The summed E-state index contributed by atoms with van der Waals surface area (Å²) in [4.78, 5) is 6.36. The van der Waals surface area contributed by atoms with Crippen LogP contribution in [-0.2, 0) is 6.54 Å². The van der Waals surface area contributed by atoms with E-state index in [1.807, 2.05) is 24.5 Å². The number of rotatable bonds is 5. The zero-order chi connectivity index (χ0) is 13.0. The van der Waals surface area contributed by atoms with Crippen LogP contribution >= 0.6 is 11.3 Å². The molecular formula is C14H19N3S. The number of likely N-dealkylation sites (N-methyl/N-ethyl adjacent to an activating group) is 1. The second-order valence-electron chi connectivity index (χ2n) is 4.63. The fourth-order valence-electron chi connectivity index (χ4n) is 2.29. The van der Waals surface area contributed by atoms with Gasteiger partial charge in [0.05, 0.1) is 0 Å². The highest BCUT2D eigenvalue weighted by molar-refractivity contribution is 7.07. The largest absolute Gasteiger partial charge is 0.326 e.